The fraction of sp³-hybridized carbons (Fsp3) is 0.929. The molecule has 0 aromatic carbocycles. The third-order valence-corrected chi connectivity index (χ3v) is 4.43. The molecule has 2 N–H and O–H groups in total. The second-order valence-electron chi connectivity index (χ2n) is 5.95. The molecule has 0 aromatic heterocycles. The topological polar surface area (TPSA) is 46.3 Å². The normalized spacial score (nSPS) is 23.8. The van der Waals surface area contributed by atoms with E-state index >= 15 is 0 Å². The predicted octanol–water partition coefficient (Wildman–Crippen LogP) is 2.57. The Hall–Kier alpha value is -0.280. The van der Waals surface area contributed by atoms with Gasteiger partial charge in [-0.05, 0) is 25.2 Å². The predicted molar refractivity (Wildman–Crippen MR) is 76.8 cm³/mol. The number of halogens is 1. The van der Waals surface area contributed by atoms with Gasteiger partial charge in [-0.3, -0.25) is 4.79 Å². The highest BCUT2D eigenvalue weighted by Crippen LogP contribution is 2.31. The van der Waals surface area contributed by atoms with Crippen molar-refractivity contribution >= 4 is 18.3 Å². The lowest BCUT2D eigenvalue weighted by molar-refractivity contribution is -0.136. The Morgan fingerprint density at radius 3 is 2.33 bits per heavy atom. The average Bonchev–Trinajstić information content (AvgIpc) is 2.82. The molecular formula is C14H27ClN2O. The van der Waals surface area contributed by atoms with Crippen LogP contribution in [0.5, 0.6) is 0 Å². The van der Waals surface area contributed by atoms with E-state index in [0.717, 1.165) is 38.3 Å². The van der Waals surface area contributed by atoms with Crippen molar-refractivity contribution < 1.29 is 4.79 Å². The Bertz CT molecular complexity index is 259. The number of rotatable bonds is 3. The Morgan fingerprint density at radius 2 is 1.78 bits per heavy atom. The first-order valence-electron chi connectivity index (χ1n) is 7.21. The van der Waals surface area contributed by atoms with Crippen molar-refractivity contribution in [2.75, 3.05) is 13.1 Å². The highest BCUT2D eigenvalue weighted by Gasteiger charge is 2.27. The summed E-state index contributed by atoms with van der Waals surface area (Å²) in [4.78, 5) is 14.3. The maximum atomic E-state index is 12.3. The van der Waals surface area contributed by atoms with Gasteiger partial charge < -0.3 is 10.6 Å². The zero-order chi connectivity index (χ0) is 12.3. The molecule has 0 radical (unpaired) electrons. The molecule has 4 heteroatoms. The van der Waals surface area contributed by atoms with Gasteiger partial charge in [0.05, 0.1) is 0 Å². The minimum atomic E-state index is 0. The van der Waals surface area contributed by atoms with Crippen LogP contribution in [0.2, 0.25) is 0 Å². The van der Waals surface area contributed by atoms with Gasteiger partial charge in [-0.1, -0.05) is 32.6 Å². The summed E-state index contributed by atoms with van der Waals surface area (Å²) in [6.07, 6.45) is 8.45. The van der Waals surface area contributed by atoms with E-state index < -0.39 is 0 Å². The highest BCUT2D eigenvalue weighted by atomic mass is 35.5. The van der Waals surface area contributed by atoms with E-state index in [2.05, 4.69) is 6.92 Å². The van der Waals surface area contributed by atoms with E-state index in [1.807, 2.05) is 4.90 Å². The van der Waals surface area contributed by atoms with Crippen molar-refractivity contribution in [3.8, 4) is 0 Å². The van der Waals surface area contributed by atoms with Crippen molar-refractivity contribution in [1.82, 2.24) is 4.90 Å². The third-order valence-electron chi connectivity index (χ3n) is 4.43. The summed E-state index contributed by atoms with van der Waals surface area (Å²) >= 11 is 0. The molecule has 0 aromatic rings. The number of carbonyl (C=O) groups is 1. The second kappa shape index (κ2) is 7.34. The van der Waals surface area contributed by atoms with Crippen LogP contribution >= 0.6 is 12.4 Å². The summed E-state index contributed by atoms with van der Waals surface area (Å²) in [5.41, 5.74) is 5.87. The van der Waals surface area contributed by atoms with Crippen molar-refractivity contribution in [2.24, 2.45) is 17.6 Å². The molecule has 1 aliphatic heterocycles. The molecule has 1 atom stereocenters. The lowest BCUT2D eigenvalue weighted by Crippen LogP contribution is -2.45. The largest absolute Gasteiger partial charge is 0.342 e. The molecule has 2 fully saturated rings. The first-order valence-corrected chi connectivity index (χ1v) is 7.21. The summed E-state index contributed by atoms with van der Waals surface area (Å²) in [6.45, 7) is 3.85. The van der Waals surface area contributed by atoms with Crippen molar-refractivity contribution in [2.45, 2.75) is 57.9 Å². The van der Waals surface area contributed by atoms with E-state index in [1.54, 1.807) is 0 Å². The van der Waals surface area contributed by atoms with Crippen molar-refractivity contribution in [1.29, 1.82) is 0 Å². The van der Waals surface area contributed by atoms with E-state index in [-0.39, 0.29) is 18.3 Å². The van der Waals surface area contributed by atoms with Crippen LogP contribution in [0, 0.1) is 11.8 Å². The van der Waals surface area contributed by atoms with Crippen LogP contribution in [0.1, 0.15) is 51.9 Å². The minimum absolute atomic E-state index is 0. The van der Waals surface area contributed by atoms with E-state index in [0.29, 0.717) is 11.9 Å². The molecule has 1 unspecified atom stereocenters. The quantitative estimate of drug-likeness (QED) is 0.860. The molecule has 1 saturated carbocycles. The molecule has 18 heavy (non-hydrogen) atoms. The van der Waals surface area contributed by atoms with E-state index in [9.17, 15) is 4.79 Å². The zero-order valence-electron chi connectivity index (χ0n) is 11.4. The lowest BCUT2D eigenvalue weighted by Gasteiger charge is -2.32. The van der Waals surface area contributed by atoms with Crippen LogP contribution in [-0.4, -0.2) is 29.9 Å². The molecule has 1 heterocycles. The molecule has 2 aliphatic rings. The lowest BCUT2D eigenvalue weighted by atomic mass is 9.93. The van der Waals surface area contributed by atoms with Crippen LogP contribution in [0.15, 0.2) is 0 Å². The van der Waals surface area contributed by atoms with Gasteiger partial charge in [0.2, 0.25) is 5.91 Å². The monoisotopic (exact) mass is 274 g/mol. The van der Waals surface area contributed by atoms with Crippen LogP contribution < -0.4 is 5.73 Å². The standard InChI is InChI=1S/C14H26N2O.ClH/c1-11(10-12-4-2-3-5-12)14(17)16-8-6-13(15)7-9-16;/h11-13H,2-10,15H2,1H3;1H. The maximum Gasteiger partial charge on any atom is 0.225 e. The van der Waals surface area contributed by atoms with Gasteiger partial charge in [-0.25, -0.2) is 0 Å². The van der Waals surface area contributed by atoms with Crippen LogP contribution in [0.4, 0.5) is 0 Å². The summed E-state index contributed by atoms with van der Waals surface area (Å²) in [5.74, 6) is 1.39. The highest BCUT2D eigenvalue weighted by molar-refractivity contribution is 5.85. The molecule has 2 rings (SSSR count). The van der Waals surface area contributed by atoms with Gasteiger partial charge in [0, 0.05) is 25.0 Å². The summed E-state index contributed by atoms with van der Waals surface area (Å²) < 4.78 is 0. The number of nitrogens with two attached hydrogens (primary N) is 1. The smallest absolute Gasteiger partial charge is 0.225 e. The zero-order valence-corrected chi connectivity index (χ0v) is 12.3. The fourth-order valence-electron chi connectivity index (χ4n) is 3.28. The molecule has 106 valence electrons. The number of hydrogen-bond donors (Lipinski definition) is 1. The molecule has 0 spiro atoms. The van der Waals surface area contributed by atoms with Crippen LogP contribution in [-0.2, 0) is 4.79 Å². The Kier molecular flexibility index (Phi) is 6.44. The molecular weight excluding hydrogens is 248 g/mol. The number of nitrogens with zero attached hydrogens (tertiary/aromatic N) is 1. The van der Waals surface area contributed by atoms with E-state index in [1.165, 1.54) is 25.7 Å². The minimum Gasteiger partial charge on any atom is -0.342 e. The SMILES string of the molecule is CC(CC1CCCC1)C(=O)N1CCC(N)CC1.Cl. The van der Waals surface area contributed by atoms with Crippen molar-refractivity contribution in [3.63, 3.8) is 0 Å². The Morgan fingerprint density at radius 1 is 1.22 bits per heavy atom. The number of piperidine rings is 1. The first kappa shape index (κ1) is 15.8. The molecule has 3 nitrogen and oxygen atoms in total. The van der Waals surface area contributed by atoms with Crippen LogP contribution in [0.3, 0.4) is 0 Å². The maximum absolute atomic E-state index is 12.3. The fourth-order valence-corrected chi connectivity index (χ4v) is 3.28. The van der Waals surface area contributed by atoms with Gasteiger partial charge in [0.1, 0.15) is 0 Å². The third kappa shape index (κ3) is 4.13. The molecule has 1 saturated heterocycles. The first-order chi connectivity index (χ1) is 8.16. The van der Waals surface area contributed by atoms with Gasteiger partial charge >= 0.3 is 0 Å². The molecule has 1 aliphatic carbocycles. The second-order valence-corrected chi connectivity index (χ2v) is 5.95. The number of hydrogen-bond acceptors (Lipinski definition) is 2. The number of likely N-dealkylation sites (tertiary alicyclic amines) is 1. The van der Waals surface area contributed by atoms with Gasteiger partial charge in [-0.2, -0.15) is 0 Å². The number of amides is 1. The molecule has 1 amide bonds. The summed E-state index contributed by atoms with van der Waals surface area (Å²) in [6, 6.07) is 0.309. The summed E-state index contributed by atoms with van der Waals surface area (Å²) in [7, 11) is 0. The van der Waals surface area contributed by atoms with Gasteiger partial charge in [0.25, 0.3) is 0 Å². The van der Waals surface area contributed by atoms with Crippen LogP contribution in [0.25, 0.3) is 0 Å². The van der Waals surface area contributed by atoms with Crippen molar-refractivity contribution in [3.05, 3.63) is 0 Å². The van der Waals surface area contributed by atoms with Gasteiger partial charge in [-0.15, -0.1) is 12.4 Å². The number of carbonyl (C=O) groups excluding carboxylic acids is 1. The van der Waals surface area contributed by atoms with E-state index in [4.69, 9.17) is 5.73 Å². The Balaban J connectivity index is 0.00000162. The average molecular weight is 275 g/mol. The Labute approximate surface area is 117 Å². The molecule has 0 bridgehead atoms. The van der Waals surface area contributed by atoms with Gasteiger partial charge in [0.15, 0.2) is 0 Å². The summed E-state index contributed by atoms with van der Waals surface area (Å²) in [5, 5.41) is 0.